The molecule has 3 aromatic rings. The largest absolute Gasteiger partial charge is 0.469 e. The molecule has 0 spiro atoms. The number of ether oxygens (including phenoxy) is 1. The fraction of sp³-hybridized carbons (Fsp3) is 0.452. The molecule has 3 atom stereocenters. The molecule has 0 saturated heterocycles. The van der Waals surface area contributed by atoms with Crippen molar-refractivity contribution in [3.8, 4) is 0 Å². The third-order valence-corrected chi connectivity index (χ3v) is 9.16. The van der Waals surface area contributed by atoms with Crippen molar-refractivity contribution in [2.75, 3.05) is 7.11 Å². The van der Waals surface area contributed by atoms with Gasteiger partial charge in [-0.2, -0.15) is 0 Å². The molecule has 1 aromatic heterocycles. The normalized spacial score (nSPS) is 25.4. The minimum atomic E-state index is -0.500. The Labute approximate surface area is 218 Å². The lowest BCUT2D eigenvalue weighted by atomic mass is 9.49. The van der Waals surface area contributed by atoms with Gasteiger partial charge in [0, 0.05) is 16.0 Å². The molecular formula is C31H34ClNO3. The maximum atomic E-state index is 13.3. The van der Waals surface area contributed by atoms with Crippen molar-refractivity contribution < 1.29 is 14.3 Å². The smallest absolute Gasteiger partial charge is 0.311 e. The Morgan fingerprint density at radius 2 is 1.81 bits per heavy atom. The number of benzene rings is 2. The van der Waals surface area contributed by atoms with Crippen LogP contribution in [0.2, 0.25) is 5.02 Å². The van der Waals surface area contributed by atoms with E-state index in [4.69, 9.17) is 21.3 Å². The second-order valence-corrected chi connectivity index (χ2v) is 11.8. The van der Waals surface area contributed by atoms with Gasteiger partial charge in [0.05, 0.1) is 18.0 Å². The molecule has 2 aliphatic carbocycles. The maximum Gasteiger partial charge on any atom is 0.311 e. The van der Waals surface area contributed by atoms with Crippen molar-refractivity contribution in [2.45, 2.75) is 71.1 Å². The molecule has 1 heterocycles. The lowest BCUT2D eigenvalue weighted by Crippen LogP contribution is -2.52. The van der Waals surface area contributed by atoms with Gasteiger partial charge in [0.1, 0.15) is 5.69 Å². The van der Waals surface area contributed by atoms with Crippen LogP contribution in [0.15, 0.2) is 42.5 Å². The molecule has 0 amide bonds. The first-order valence-electron chi connectivity index (χ1n) is 13.0. The van der Waals surface area contributed by atoms with E-state index in [-0.39, 0.29) is 29.0 Å². The highest BCUT2D eigenvalue weighted by Gasteiger charge is 2.56. The van der Waals surface area contributed by atoms with Gasteiger partial charge in [0.2, 0.25) is 5.78 Å². The third-order valence-electron chi connectivity index (χ3n) is 8.91. The van der Waals surface area contributed by atoms with Crippen LogP contribution in [0.25, 0.3) is 10.9 Å². The predicted octanol–water partition coefficient (Wildman–Crippen LogP) is 7.43. The minimum Gasteiger partial charge on any atom is -0.469 e. The maximum absolute atomic E-state index is 13.3. The molecule has 4 nitrogen and oxygen atoms in total. The summed E-state index contributed by atoms with van der Waals surface area (Å²) in [5.74, 6) is 0.255. The molecule has 0 N–H and O–H groups in total. The molecule has 0 radical (unpaired) electrons. The fourth-order valence-corrected chi connectivity index (χ4v) is 7.28. The van der Waals surface area contributed by atoms with E-state index in [1.165, 1.54) is 23.8 Å². The van der Waals surface area contributed by atoms with Crippen molar-refractivity contribution in [3.63, 3.8) is 0 Å². The van der Waals surface area contributed by atoms with Gasteiger partial charge in [-0.1, -0.05) is 50.9 Å². The van der Waals surface area contributed by atoms with E-state index < -0.39 is 5.41 Å². The Morgan fingerprint density at radius 1 is 1.08 bits per heavy atom. The molecule has 2 aliphatic rings. The SMILES string of the molecule is COC(=O)[C@]1(C)CCC[C@]2(C)c3c(cc(C(C)C)c4nc(C(=O)c5ccc(Cl)cc5)ccc34)CC[C@@H]12. The number of hydrogen-bond donors (Lipinski definition) is 0. The Morgan fingerprint density at radius 3 is 2.47 bits per heavy atom. The van der Waals surface area contributed by atoms with Crippen molar-refractivity contribution in [2.24, 2.45) is 11.3 Å². The minimum absolute atomic E-state index is 0.0982. The summed E-state index contributed by atoms with van der Waals surface area (Å²) in [6.45, 7) is 8.78. The summed E-state index contributed by atoms with van der Waals surface area (Å²) in [5.41, 5.74) is 5.09. The van der Waals surface area contributed by atoms with Gasteiger partial charge in [-0.05, 0) is 96.9 Å². The quantitative estimate of drug-likeness (QED) is 0.274. The van der Waals surface area contributed by atoms with E-state index in [9.17, 15) is 9.59 Å². The van der Waals surface area contributed by atoms with E-state index in [1.807, 2.05) is 6.07 Å². The number of fused-ring (bicyclic) bond motifs is 5. The number of pyridine rings is 1. The lowest BCUT2D eigenvalue weighted by Gasteiger charge is -2.54. The van der Waals surface area contributed by atoms with Gasteiger partial charge >= 0.3 is 5.97 Å². The van der Waals surface area contributed by atoms with Crippen LogP contribution in [0, 0.1) is 11.3 Å². The summed E-state index contributed by atoms with van der Waals surface area (Å²) in [5, 5.41) is 1.71. The van der Waals surface area contributed by atoms with Crippen LogP contribution in [-0.4, -0.2) is 23.8 Å². The highest BCUT2D eigenvalue weighted by molar-refractivity contribution is 6.30. The number of esters is 1. The van der Waals surface area contributed by atoms with Crippen LogP contribution >= 0.6 is 11.6 Å². The first-order valence-corrected chi connectivity index (χ1v) is 13.3. The molecule has 0 bridgehead atoms. The zero-order valence-corrected chi connectivity index (χ0v) is 22.5. The molecule has 2 aromatic carbocycles. The van der Waals surface area contributed by atoms with Crippen LogP contribution in [0.4, 0.5) is 0 Å². The zero-order chi connectivity index (χ0) is 25.8. The standard InChI is InChI=1S/C31H34ClNO3/c1-18(2)23-17-20-9-14-25-30(3,15-6-16-31(25,4)29(35)36-5)26(20)22-12-13-24(33-27(22)23)28(34)19-7-10-21(32)11-8-19/h7-8,10-13,17-18,25H,6,9,14-16H2,1-5H3/t25-,30+,31-/m1/s1. The van der Waals surface area contributed by atoms with Crippen LogP contribution in [0.3, 0.4) is 0 Å². The van der Waals surface area contributed by atoms with Crippen molar-refractivity contribution in [1.82, 2.24) is 4.98 Å². The van der Waals surface area contributed by atoms with Gasteiger partial charge in [-0.25, -0.2) is 4.98 Å². The van der Waals surface area contributed by atoms with E-state index in [0.717, 1.165) is 43.0 Å². The average molecular weight is 504 g/mol. The van der Waals surface area contributed by atoms with Crippen LogP contribution in [-0.2, 0) is 21.4 Å². The number of methoxy groups -OCH3 is 1. The number of ketones is 1. The summed E-state index contributed by atoms with van der Waals surface area (Å²) >= 11 is 6.03. The zero-order valence-electron chi connectivity index (χ0n) is 21.8. The molecule has 0 unspecified atom stereocenters. The molecule has 36 heavy (non-hydrogen) atoms. The van der Waals surface area contributed by atoms with Crippen LogP contribution in [0.5, 0.6) is 0 Å². The van der Waals surface area contributed by atoms with Gasteiger partial charge in [0.15, 0.2) is 0 Å². The molecule has 1 saturated carbocycles. The molecule has 1 fully saturated rings. The number of hydrogen-bond acceptors (Lipinski definition) is 4. The topological polar surface area (TPSA) is 56.3 Å². The van der Waals surface area contributed by atoms with Crippen LogP contribution < -0.4 is 0 Å². The monoisotopic (exact) mass is 503 g/mol. The van der Waals surface area contributed by atoms with Gasteiger partial charge in [-0.15, -0.1) is 0 Å². The molecule has 0 aliphatic heterocycles. The highest BCUT2D eigenvalue weighted by Crippen LogP contribution is 2.59. The lowest BCUT2D eigenvalue weighted by molar-refractivity contribution is -0.161. The van der Waals surface area contributed by atoms with E-state index in [2.05, 4.69) is 39.8 Å². The van der Waals surface area contributed by atoms with Gasteiger partial charge in [0.25, 0.3) is 0 Å². The summed E-state index contributed by atoms with van der Waals surface area (Å²) in [7, 11) is 1.50. The van der Waals surface area contributed by atoms with Gasteiger partial charge in [-0.3, -0.25) is 9.59 Å². The Balaban J connectivity index is 1.70. The van der Waals surface area contributed by atoms with Crippen molar-refractivity contribution in [3.05, 3.63) is 75.4 Å². The molecule has 5 heteroatoms. The van der Waals surface area contributed by atoms with E-state index in [1.54, 1.807) is 24.3 Å². The number of aromatic nitrogens is 1. The third kappa shape index (κ3) is 3.76. The number of carbonyl (C=O) groups excluding carboxylic acids is 2. The second kappa shape index (κ2) is 8.99. The first kappa shape index (κ1) is 25.0. The van der Waals surface area contributed by atoms with E-state index in [0.29, 0.717) is 16.3 Å². The first-order chi connectivity index (χ1) is 17.1. The number of nitrogens with zero attached hydrogens (tertiary/aromatic N) is 1. The molecule has 5 rings (SSSR count). The summed E-state index contributed by atoms with van der Waals surface area (Å²) in [6.07, 6.45) is 4.77. The Hall–Kier alpha value is -2.72. The van der Waals surface area contributed by atoms with Crippen molar-refractivity contribution in [1.29, 1.82) is 0 Å². The number of carbonyl (C=O) groups is 2. The molecular weight excluding hydrogens is 470 g/mol. The fourth-order valence-electron chi connectivity index (χ4n) is 7.16. The van der Waals surface area contributed by atoms with Crippen LogP contribution in [0.1, 0.15) is 92.0 Å². The molecule has 188 valence electrons. The highest BCUT2D eigenvalue weighted by atomic mass is 35.5. The number of aryl methyl sites for hydroxylation is 1. The Kier molecular flexibility index (Phi) is 6.23. The second-order valence-electron chi connectivity index (χ2n) is 11.4. The predicted molar refractivity (Wildman–Crippen MR) is 144 cm³/mol. The average Bonchev–Trinajstić information content (AvgIpc) is 2.86. The Bertz CT molecular complexity index is 1360. The number of rotatable bonds is 4. The summed E-state index contributed by atoms with van der Waals surface area (Å²) in [6, 6.07) is 13.2. The summed E-state index contributed by atoms with van der Waals surface area (Å²) < 4.78 is 5.31. The number of halogens is 1. The van der Waals surface area contributed by atoms with Crippen molar-refractivity contribution >= 4 is 34.3 Å². The summed E-state index contributed by atoms with van der Waals surface area (Å²) in [4.78, 5) is 31.3. The van der Waals surface area contributed by atoms with E-state index >= 15 is 0 Å². The van der Waals surface area contributed by atoms with Gasteiger partial charge < -0.3 is 4.74 Å².